The molecule has 3 aromatic rings. The van der Waals surface area contributed by atoms with Gasteiger partial charge in [-0.05, 0) is 56.2 Å². The summed E-state index contributed by atoms with van der Waals surface area (Å²) in [6.07, 6.45) is 3.98. The molecule has 1 aromatic heterocycles. The summed E-state index contributed by atoms with van der Waals surface area (Å²) >= 11 is 0. The third kappa shape index (κ3) is 3.99. The molecule has 1 aliphatic heterocycles. The predicted molar refractivity (Wildman–Crippen MR) is 114 cm³/mol. The second-order valence-electron chi connectivity index (χ2n) is 7.50. The number of hydrogen-bond acceptors (Lipinski definition) is 3. The summed E-state index contributed by atoms with van der Waals surface area (Å²) in [6.45, 7) is 4.29. The lowest BCUT2D eigenvalue weighted by atomic mass is 9.98. The van der Waals surface area contributed by atoms with Gasteiger partial charge in [-0.1, -0.05) is 18.2 Å². The van der Waals surface area contributed by atoms with Crippen LogP contribution in [0.15, 0.2) is 54.7 Å². The van der Waals surface area contributed by atoms with E-state index in [0.29, 0.717) is 30.8 Å². The molecule has 2 heterocycles. The molecule has 1 amide bonds. The number of aromatic amines is 1. The first-order chi connectivity index (χ1) is 14.4. The fourth-order valence-corrected chi connectivity index (χ4v) is 3.78. The Bertz CT molecular complexity index is 1150. The number of aromatic nitrogens is 1. The summed E-state index contributed by atoms with van der Waals surface area (Å²) < 4.78 is 19.2. The van der Waals surface area contributed by atoms with Gasteiger partial charge in [0.25, 0.3) is 5.91 Å². The molecular formula is C24H23FN2O3. The Morgan fingerprint density at radius 2 is 2.03 bits per heavy atom. The molecule has 1 N–H and O–H groups in total. The molecule has 0 bridgehead atoms. The number of fused-ring (bicyclic) bond motifs is 1. The lowest BCUT2D eigenvalue weighted by molar-refractivity contribution is -0.137. The number of ketones is 1. The van der Waals surface area contributed by atoms with Crippen molar-refractivity contribution in [2.24, 2.45) is 0 Å². The Kier molecular flexibility index (Phi) is 5.40. The van der Waals surface area contributed by atoms with Gasteiger partial charge in [0.1, 0.15) is 11.6 Å². The minimum atomic E-state index is -0.654. The van der Waals surface area contributed by atoms with E-state index in [9.17, 15) is 14.0 Å². The van der Waals surface area contributed by atoms with Crippen LogP contribution in [0.2, 0.25) is 0 Å². The third-order valence-corrected chi connectivity index (χ3v) is 5.41. The summed E-state index contributed by atoms with van der Waals surface area (Å²) in [6, 6.07) is 11.6. The van der Waals surface area contributed by atoms with Crippen LogP contribution in [-0.4, -0.2) is 40.8 Å². The maximum atomic E-state index is 13.4. The first-order valence-electron chi connectivity index (χ1n) is 9.95. The zero-order valence-electron chi connectivity index (χ0n) is 16.9. The van der Waals surface area contributed by atoms with Crippen LogP contribution in [0.4, 0.5) is 4.39 Å². The average molecular weight is 406 g/mol. The second-order valence-corrected chi connectivity index (χ2v) is 7.50. The average Bonchev–Trinajstić information content (AvgIpc) is 3.16. The SMILES string of the molecule is CC(=O)c1cccc(OC(C)C(=O)N2CC=C(c3c[nH]c4cc(F)ccc34)CC2)c1. The van der Waals surface area contributed by atoms with E-state index in [2.05, 4.69) is 4.98 Å². The number of hydrogen-bond donors (Lipinski definition) is 1. The van der Waals surface area contributed by atoms with Crippen LogP contribution in [0.1, 0.15) is 36.2 Å². The zero-order valence-corrected chi connectivity index (χ0v) is 16.9. The number of nitrogens with one attached hydrogen (secondary N) is 1. The number of carbonyl (C=O) groups is 2. The van der Waals surface area contributed by atoms with Crippen molar-refractivity contribution in [1.82, 2.24) is 9.88 Å². The summed E-state index contributed by atoms with van der Waals surface area (Å²) in [5.41, 5.74) is 3.50. The summed E-state index contributed by atoms with van der Waals surface area (Å²) in [5, 5.41) is 0.976. The van der Waals surface area contributed by atoms with Gasteiger partial charge in [0.15, 0.2) is 11.9 Å². The first-order valence-corrected chi connectivity index (χ1v) is 9.95. The van der Waals surface area contributed by atoms with Crippen LogP contribution in [0.5, 0.6) is 5.75 Å². The number of carbonyl (C=O) groups excluding carboxylic acids is 2. The Balaban J connectivity index is 1.43. The van der Waals surface area contributed by atoms with Crippen molar-refractivity contribution in [3.05, 3.63) is 71.7 Å². The molecule has 5 nitrogen and oxygen atoms in total. The van der Waals surface area contributed by atoms with Gasteiger partial charge in [-0.3, -0.25) is 9.59 Å². The molecule has 6 heteroatoms. The highest BCUT2D eigenvalue weighted by molar-refractivity contribution is 5.94. The van der Waals surface area contributed by atoms with Gasteiger partial charge < -0.3 is 14.6 Å². The lowest BCUT2D eigenvalue weighted by Crippen LogP contribution is -2.42. The van der Waals surface area contributed by atoms with E-state index in [1.54, 1.807) is 42.2 Å². The number of rotatable bonds is 5. The van der Waals surface area contributed by atoms with E-state index in [-0.39, 0.29) is 17.5 Å². The Morgan fingerprint density at radius 3 is 2.77 bits per heavy atom. The summed E-state index contributed by atoms with van der Waals surface area (Å²) in [5.74, 6) is 0.0867. The molecule has 0 radical (unpaired) electrons. The number of Topliss-reactive ketones (excluding diaryl/α,β-unsaturated/α-hetero) is 1. The molecule has 154 valence electrons. The van der Waals surface area contributed by atoms with Gasteiger partial charge in [-0.2, -0.15) is 0 Å². The van der Waals surface area contributed by atoms with Gasteiger partial charge >= 0.3 is 0 Å². The van der Waals surface area contributed by atoms with Crippen molar-refractivity contribution < 1.29 is 18.7 Å². The van der Waals surface area contributed by atoms with Crippen LogP contribution in [-0.2, 0) is 4.79 Å². The molecular weight excluding hydrogens is 383 g/mol. The van der Waals surface area contributed by atoms with E-state index in [4.69, 9.17) is 4.74 Å². The fourth-order valence-electron chi connectivity index (χ4n) is 3.78. The highest BCUT2D eigenvalue weighted by Gasteiger charge is 2.25. The quantitative estimate of drug-likeness (QED) is 0.630. The van der Waals surface area contributed by atoms with Gasteiger partial charge in [-0.25, -0.2) is 4.39 Å². The monoisotopic (exact) mass is 406 g/mol. The Labute approximate surface area is 174 Å². The highest BCUT2D eigenvalue weighted by atomic mass is 19.1. The summed E-state index contributed by atoms with van der Waals surface area (Å²) in [4.78, 5) is 29.2. The fraction of sp³-hybridized carbons (Fsp3) is 0.250. The van der Waals surface area contributed by atoms with Crippen LogP contribution in [0.25, 0.3) is 16.5 Å². The van der Waals surface area contributed by atoms with E-state index in [0.717, 1.165) is 22.0 Å². The predicted octanol–water partition coefficient (Wildman–Crippen LogP) is 4.59. The molecule has 1 aliphatic rings. The number of H-pyrrole nitrogens is 1. The number of amides is 1. The van der Waals surface area contributed by atoms with Crippen molar-refractivity contribution in [3.8, 4) is 5.75 Å². The van der Waals surface area contributed by atoms with Crippen molar-refractivity contribution in [1.29, 1.82) is 0 Å². The van der Waals surface area contributed by atoms with E-state index < -0.39 is 6.10 Å². The smallest absolute Gasteiger partial charge is 0.263 e. The zero-order chi connectivity index (χ0) is 21.3. The van der Waals surface area contributed by atoms with Gasteiger partial charge in [0.2, 0.25) is 0 Å². The second kappa shape index (κ2) is 8.14. The molecule has 0 spiro atoms. The number of nitrogens with zero attached hydrogens (tertiary/aromatic N) is 1. The minimum absolute atomic E-state index is 0.0480. The number of benzene rings is 2. The summed E-state index contributed by atoms with van der Waals surface area (Å²) in [7, 11) is 0. The van der Waals surface area contributed by atoms with Gasteiger partial charge in [-0.15, -0.1) is 0 Å². The van der Waals surface area contributed by atoms with E-state index in [1.165, 1.54) is 19.1 Å². The topological polar surface area (TPSA) is 62.4 Å². The van der Waals surface area contributed by atoms with Crippen molar-refractivity contribution >= 4 is 28.2 Å². The lowest BCUT2D eigenvalue weighted by Gasteiger charge is -2.29. The largest absolute Gasteiger partial charge is 0.481 e. The standard InChI is InChI=1S/C24H23FN2O3/c1-15(28)18-4-3-5-20(12-18)30-16(2)24(29)27-10-8-17(9-11-27)22-14-26-23-13-19(25)6-7-21(22)23/h3-8,12-14,16,26H,9-11H2,1-2H3. The molecule has 2 aromatic carbocycles. The molecule has 0 saturated heterocycles. The molecule has 1 atom stereocenters. The minimum Gasteiger partial charge on any atom is -0.481 e. The molecule has 0 saturated carbocycles. The van der Waals surface area contributed by atoms with Crippen molar-refractivity contribution in [2.45, 2.75) is 26.4 Å². The van der Waals surface area contributed by atoms with Crippen LogP contribution >= 0.6 is 0 Å². The van der Waals surface area contributed by atoms with Crippen molar-refractivity contribution in [2.75, 3.05) is 13.1 Å². The van der Waals surface area contributed by atoms with E-state index >= 15 is 0 Å². The van der Waals surface area contributed by atoms with Crippen molar-refractivity contribution in [3.63, 3.8) is 0 Å². The Hall–Kier alpha value is -3.41. The van der Waals surface area contributed by atoms with Crippen LogP contribution < -0.4 is 4.74 Å². The van der Waals surface area contributed by atoms with Crippen LogP contribution in [0, 0.1) is 5.82 Å². The molecule has 0 fully saturated rings. The number of halogens is 1. The molecule has 1 unspecified atom stereocenters. The Morgan fingerprint density at radius 1 is 1.20 bits per heavy atom. The molecule has 0 aliphatic carbocycles. The van der Waals surface area contributed by atoms with Crippen LogP contribution in [0.3, 0.4) is 0 Å². The van der Waals surface area contributed by atoms with Gasteiger partial charge in [0, 0.05) is 41.3 Å². The molecule has 4 rings (SSSR count). The van der Waals surface area contributed by atoms with E-state index in [1.807, 2.05) is 12.3 Å². The number of ether oxygens (including phenoxy) is 1. The maximum absolute atomic E-state index is 13.4. The first kappa shape index (κ1) is 19.9. The third-order valence-electron chi connectivity index (χ3n) is 5.41. The molecule has 30 heavy (non-hydrogen) atoms. The maximum Gasteiger partial charge on any atom is 0.263 e. The normalized spacial score (nSPS) is 15.0. The van der Waals surface area contributed by atoms with Gasteiger partial charge in [0.05, 0.1) is 0 Å². The highest BCUT2D eigenvalue weighted by Crippen LogP contribution is 2.30.